The number of rotatable bonds is 9. The van der Waals surface area contributed by atoms with Crippen LogP contribution in [0.5, 0.6) is 5.75 Å². The smallest absolute Gasteiger partial charge is 0.309 e. The SMILES string of the molecule is CC(=O)NCc1ccc(C(=O)COC(=O)CCOc2cc(C)ccc2C)s1. The number of thiophene rings is 1. The van der Waals surface area contributed by atoms with Gasteiger partial charge in [0.25, 0.3) is 0 Å². The summed E-state index contributed by atoms with van der Waals surface area (Å²) >= 11 is 1.27. The van der Waals surface area contributed by atoms with E-state index in [2.05, 4.69) is 5.32 Å². The van der Waals surface area contributed by atoms with Crippen LogP contribution in [-0.4, -0.2) is 30.9 Å². The predicted molar refractivity (Wildman–Crippen MR) is 103 cm³/mol. The van der Waals surface area contributed by atoms with Crippen LogP contribution in [0.2, 0.25) is 0 Å². The summed E-state index contributed by atoms with van der Waals surface area (Å²) in [4.78, 5) is 36.2. The summed E-state index contributed by atoms with van der Waals surface area (Å²) in [7, 11) is 0. The minimum Gasteiger partial charge on any atom is -0.493 e. The molecule has 0 saturated heterocycles. The molecule has 6 nitrogen and oxygen atoms in total. The summed E-state index contributed by atoms with van der Waals surface area (Å²) in [6, 6.07) is 9.31. The van der Waals surface area contributed by atoms with E-state index in [9.17, 15) is 14.4 Å². The van der Waals surface area contributed by atoms with Gasteiger partial charge in [0.15, 0.2) is 6.61 Å². The van der Waals surface area contributed by atoms with Gasteiger partial charge in [0.05, 0.1) is 24.4 Å². The first kappa shape index (κ1) is 20.6. The number of nitrogens with one attached hydrogen (secondary N) is 1. The lowest BCUT2D eigenvalue weighted by atomic mass is 10.1. The molecule has 0 radical (unpaired) electrons. The molecule has 0 bridgehead atoms. The van der Waals surface area contributed by atoms with Crippen molar-refractivity contribution in [2.24, 2.45) is 0 Å². The van der Waals surface area contributed by atoms with Crippen LogP contribution in [0.15, 0.2) is 30.3 Å². The van der Waals surface area contributed by atoms with E-state index in [0.29, 0.717) is 11.4 Å². The van der Waals surface area contributed by atoms with Gasteiger partial charge in [0.2, 0.25) is 11.7 Å². The first-order valence-electron chi connectivity index (χ1n) is 8.57. The molecule has 0 fully saturated rings. The Kier molecular flexibility index (Phi) is 7.55. The van der Waals surface area contributed by atoms with Crippen molar-refractivity contribution in [3.05, 3.63) is 51.2 Å². The van der Waals surface area contributed by atoms with Gasteiger partial charge in [-0.05, 0) is 43.2 Å². The number of amides is 1. The van der Waals surface area contributed by atoms with Crippen molar-refractivity contribution < 1.29 is 23.9 Å². The third kappa shape index (κ3) is 6.86. The highest BCUT2D eigenvalue weighted by Gasteiger charge is 2.13. The fourth-order valence-corrected chi connectivity index (χ4v) is 3.10. The Labute approximate surface area is 162 Å². The van der Waals surface area contributed by atoms with E-state index in [1.807, 2.05) is 32.0 Å². The standard InChI is InChI=1S/C20H23NO5S/c1-13-4-5-14(2)18(10-13)25-9-8-20(24)26-12-17(23)19-7-6-16(27-19)11-21-15(3)22/h4-7,10H,8-9,11-12H2,1-3H3,(H,21,22). The van der Waals surface area contributed by atoms with E-state index in [0.717, 1.165) is 21.8 Å². The number of ketones is 1. The van der Waals surface area contributed by atoms with Crippen molar-refractivity contribution in [2.75, 3.05) is 13.2 Å². The van der Waals surface area contributed by atoms with E-state index in [-0.39, 0.29) is 31.3 Å². The molecule has 1 aromatic carbocycles. The van der Waals surface area contributed by atoms with Crippen molar-refractivity contribution in [1.29, 1.82) is 0 Å². The lowest BCUT2D eigenvalue weighted by molar-refractivity contribution is -0.143. The van der Waals surface area contributed by atoms with Crippen LogP contribution in [0.1, 0.15) is 39.0 Å². The molecule has 0 saturated carbocycles. The van der Waals surface area contributed by atoms with Gasteiger partial charge in [-0.25, -0.2) is 0 Å². The van der Waals surface area contributed by atoms with Crippen LogP contribution in [-0.2, 0) is 20.9 Å². The van der Waals surface area contributed by atoms with Crippen LogP contribution in [0.25, 0.3) is 0 Å². The molecule has 27 heavy (non-hydrogen) atoms. The zero-order chi connectivity index (χ0) is 19.8. The summed E-state index contributed by atoms with van der Waals surface area (Å²) in [6.45, 7) is 5.61. The number of hydrogen-bond acceptors (Lipinski definition) is 6. The molecule has 1 N–H and O–H groups in total. The molecular weight excluding hydrogens is 366 g/mol. The maximum absolute atomic E-state index is 12.1. The molecule has 0 aliphatic carbocycles. The van der Waals surface area contributed by atoms with E-state index >= 15 is 0 Å². The fourth-order valence-electron chi connectivity index (χ4n) is 2.23. The lowest BCUT2D eigenvalue weighted by Crippen LogP contribution is -2.18. The van der Waals surface area contributed by atoms with E-state index in [1.54, 1.807) is 12.1 Å². The molecule has 1 amide bonds. The van der Waals surface area contributed by atoms with Crippen molar-refractivity contribution >= 4 is 29.0 Å². The molecule has 0 aliphatic rings. The van der Waals surface area contributed by atoms with Crippen molar-refractivity contribution in [1.82, 2.24) is 5.32 Å². The van der Waals surface area contributed by atoms with E-state index < -0.39 is 5.97 Å². The number of carbonyl (C=O) groups excluding carboxylic acids is 3. The predicted octanol–water partition coefficient (Wildman–Crippen LogP) is 3.20. The van der Waals surface area contributed by atoms with Gasteiger partial charge in [0, 0.05) is 11.8 Å². The molecule has 2 rings (SSSR count). The normalized spacial score (nSPS) is 10.3. The van der Waals surface area contributed by atoms with Gasteiger partial charge in [-0.1, -0.05) is 12.1 Å². The Bertz CT molecular complexity index is 828. The molecule has 0 unspecified atom stereocenters. The zero-order valence-electron chi connectivity index (χ0n) is 15.7. The molecule has 1 heterocycles. The molecule has 7 heteroatoms. The zero-order valence-corrected chi connectivity index (χ0v) is 16.5. The minimum absolute atomic E-state index is 0.0683. The lowest BCUT2D eigenvalue weighted by Gasteiger charge is -2.09. The van der Waals surface area contributed by atoms with Gasteiger partial charge in [-0.2, -0.15) is 0 Å². The first-order valence-corrected chi connectivity index (χ1v) is 9.39. The Hall–Kier alpha value is -2.67. The molecule has 1 aromatic heterocycles. The molecule has 144 valence electrons. The Morgan fingerprint density at radius 1 is 1.11 bits per heavy atom. The van der Waals surface area contributed by atoms with Crippen LogP contribution in [0, 0.1) is 13.8 Å². The van der Waals surface area contributed by atoms with Crippen molar-refractivity contribution in [2.45, 2.75) is 33.7 Å². The van der Waals surface area contributed by atoms with Gasteiger partial charge >= 0.3 is 5.97 Å². The quantitative estimate of drug-likeness (QED) is 0.526. The number of esters is 1. The largest absolute Gasteiger partial charge is 0.493 e. The second-order valence-corrected chi connectivity index (χ2v) is 7.30. The van der Waals surface area contributed by atoms with Gasteiger partial charge in [0.1, 0.15) is 5.75 Å². The molecule has 0 atom stereocenters. The Morgan fingerprint density at radius 3 is 2.63 bits per heavy atom. The highest BCUT2D eigenvalue weighted by Crippen LogP contribution is 2.19. The molecule has 0 aliphatic heterocycles. The first-order chi connectivity index (χ1) is 12.8. The van der Waals surface area contributed by atoms with E-state index in [4.69, 9.17) is 9.47 Å². The summed E-state index contributed by atoms with van der Waals surface area (Å²) in [6.07, 6.45) is 0.0683. The minimum atomic E-state index is -0.483. The number of aryl methyl sites for hydroxylation is 2. The maximum atomic E-state index is 12.1. The summed E-state index contributed by atoms with van der Waals surface area (Å²) < 4.78 is 10.6. The van der Waals surface area contributed by atoms with Crippen LogP contribution >= 0.6 is 11.3 Å². The number of carbonyl (C=O) groups is 3. The van der Waals surface area contributed by atoms with Crippen molar-refractivity contribution in [3.8, 4) is 5.75 Å². The second-order valence-electron chi connectivity index (χ2n) is 6.13. The summed E-state index contributed by atoms with van der Waals surface area (Å²) in [5.74, 6) is -0.140. The van der Waals surface area contributed by atoms with Crippen LogP contribution < -0.4 is 10.1 Å². The average molecular weight is 389 g/mol. The van der Waals surface area contributed by atoms with E-state index in [1.165, 1.54) is 18.3 Å². The highest BCUT2D eigenvalue weighted by molar-refractivity contribution is 7.14. The fraction of sp³-hybridized carbons (Fsp3) is 0.350. The van der Waals surface area contributed by atoms with Crippen molar-refractivity contribution in [3.63, 3.8) is 0 Å². The highest BCUT2D eigenvalue weighted by atomic mass is 32.1. The third-order valence-corrected chi connectivity index (χ3v) is 4.85. The topological polar surface area (TPSA) is 81.7 Å². The van der Waals surface area contributed by atoms with Crippen LogP contribution in [0.4, 0.5) is 0 Å². The number of Topliss-reactive ketones (excluding diaryl/α,β-unsaturated/α-hetero) is 1. The Balaban J connectivity index is 1.72. The van der Waals surface area contributed by atoms with Gasteiger partial charge < -0.3 is 14.8 Å². The van der Waals surface area contributed by atoms with Crippen LogP contribution in [0.3, 0.4) is 0 Å². The van der Waals surface area contributed by atoms with Gasteiger partial charge in [-0.15, -0.1) is 11.3 Å². The summed E-state index contributed by atoms with van der Waals surface area (Å²) in [5, 5.41) is 2.67. The monoisotopic (exact) mass is 389 g/mol. The van der Waals surface area contributed by atoms with Gasteiger partial charge in [-0.3, -0.25) is 14.4 Å². The maximum Gasteiger partial charge on any atom is 0.309 e. The number of hydrogen-bond donors (Lipinski definition) is 1. The number of ether oxygens (including phenoxy) is 2. The summed E-state index contributed by atoms with van der Waals surface area (Å²) in [5.41, 5.74) is 2.08. The Morgan fingerprint density at radius 2 is 1.89 bits per heavy atom. The molecule has 2 aromatic rings. The third-order valence-electron chi connectivity index (χ3n) is 3.72. The molecule has 0 spiro atoms. The second kappa shape index (κ2) is 9.87. The average Bonchev–Trinajstić information content (AvgIpc) is 3.10. The molecular formula is C20H23NO5S. The number of benzene rings is 1.